The third kappa shape index (κ3) is 25.7. The van der Waals surface area contributed by atoms with Gasteiger partial charge in [-0.05, 0) is 32.1 Å². The average molecular weight is 550 g/mol. The van der Waals surface area contributed by atoms with Gasteiger partial charge in [-0.25, -0.2) is 8.42 Å². The van der Waals surface area contributed by atoms with Crippen LogP contribution in [0.15, 0.2) is 12.2 Å². The van der Waals surface area contributed by atoms with Gasteiger partial charge in [0.15, 0.2) is 0 Å². The Morgan fingerprint density at radius 2 is 1.36 bits per heavy atom. The molecule has 9 nitrogen and oxygen atoms in total. The van der Waals surface area contributed by atoms with Gasteiger partial charge < -0.3 is 24.5 Å². The standard InChI is InChI=1S/C24H43NO8S.2Na/c1-2-3-4-5-6-7-8-9-10-11-12-13-14-15-16-17-22(26)25-18-19-33-23(27)20-21(24(28)29)34(30,31)32;;/h9-10,21H,2-8,11-20H2,1H3,(H,25,26)(H,28,29)(H,30,31,32);;/q;2*+1/p-2. The molecule has 0 aromatic heterocycles. The smallest absolute Gasteiger partial charge is 0.747 e. The van der Waals surface area contributed by atoms with Crippen LogP contribution in [0.25, 0.3) is 0 Å². The number of nitrogens with one attached hydrogen (secondary N) is 1. The maximum atomic E-state index is 11.8. The Kier molecular flexibility index (Phi) is 30.0. The van der Waals surface area contributed by atoms with Crippen LogP contribution in [0.3, 0.4) is 0 Å². The minimum absolute atomic E-state index is 0. The zero-order valence-electron chi connectivity index (χ0n) is 22.4. The van der Waals surface area contributed by atoms with Crippen LogP contribution in [0.2, 0.25) is 0 Å². The van der Waals surface area contributed by atoms with Crippen molar-refractivity contribution in [2.24, 2.45) is 0 Å². The molecule has 0 aromatic carbocycles. The summed E-state index contributed by atoms with van der Waals surface area (Å²) >= 11 is 0. The summed E-state index contributed by atoms with van der Waals surface area (Å²) in [5.41, 5.74) is 0. The van der Waals surface area contributed by atoms with E-state index in [1.165, 1.54) is 44.9 Å². The third-order valence-electron chi connectivity index (χ3n) is 5.32. The molecule has 0 saturated heterocycles. The number of carboxylic acid groups (broad SMARTS) is 1. The molecule has 0 fully saturated rings. The van der Waals surface area contributed by atoms with Crippen molar-refractivity contribution in [3.8, 4) is 0 Å². The predicted molar refractivity (Wildman–Crippen MR) is 127 cm³/mol. The topological polar surface area (TPSA) is 153 Å². The van der Waals surface area contributed by atoms with Crippen LogP contribution in [-0.2, 0) is 29.2 Å². The number of aliphatic carboxylic acids is 1. The Labute approximate surface area is 261 Å². The Bertz CT molecular complexity index is 717. The first-order chi connectivity index (χ1) is 16.2. The van der Waals surface area contributed by atoms with E-state index in [-0.39, 0.29) is 78.2 Å². The van der Waals surface area contributed by atoms with E-state index in [9.17, 15) is 32.5 Å². The van der Waals surface area contributed by atoms with Gasteiger partial charge in [-0.1, -0.05) is 70.4 Å². The van der Waals surface area contributed by atoms with Gasteiger partial charge in [0.2, 0.25) is 5.91 Å². The number of carboxylic acids is 1. The average Bonchev–Trinajstić information content (AvgIpc) is 2.76. The third-order valence-corrected chi connectivity index (χ3v) is 6.37. The first kappa shape index (κ1) is 40.6. The van der Waals surface area contributed by atoms with Crippen LogP contribution in [0.5, 0.6) is 0 Å². The molecule has 1 atom stereocenters. The summed E-state index contributed by atoms with van der Waals surface area (Å²) in [6.45, 7) is 1.98. The number of hydrogen-bond donors (Lipinski definition) is 1. The summed E-state index contributed by atoms with van der Waals surface area (Å²) in [5, 5.41) is 10.7. The molecule has 0 spiro atoms. The number of allylic oxidation sites excluding steroid dienone is 2. The molecule has 0 heterocycles. The zero-order valence-corrected chi connectivity index (χ0v) is 27.2. The van der Waals surface area contributed by atoms with Crippen molar-refractivity contribution in [3.05, 3.63) is 12.2 Å². The van der Waals surface area contributed by atoms with Gasteiger partial charge in [0.05, 0.1) is 24.2 Å². The van der Waals surface area contributed by atoms with Crippen LogP contribution >= 0.6 is 0 Å². The van der Waals surface area contributed by atoms with Crippen molar-refractivity contribution in [3.63, 3.8) is 0 Å². The minimum Gasteiger partial charge on any atom is -0.747 e. The molecular weight excluding hydrogens is 508 g/mol. The molecule has 1 N–H and O–H groups in total. The van der Waals surface area contributed by atoms with Gasteiger partial charge in [0.1, 0.15) is 16.7 Å². The van der Waals surface area contributed by atoms with Gasteiger partial charge in [-0.15, -0.1) is 0 Å². The molecule has 0 aliphatic heterocycles. The van der Waals surface area contributed by atoms with Crippen LogP contribution in [0.4, 0.5) is 0 Å². The fraction of sp³-hybridized carbons (Fsp3) is 0.792. The second-order valence-electron chi connectivity index (χ2n) is 8.41. The van der Waals surface area contributed by atoms with E-state index in [4.69, 9.17) is 0 Å². The van der Waals surface area contributed by atoms with Crippen molar-refractivity contribution >= 4 is 28.0 Å². The monoisotopic (exact) mass is 549 g/mol. The molecule has 0 aliphatic rings. The summed E-state index contributed by atoms with van der Waals surface area (Å²) in [6.07, 6.45) is 19.0. The van der Waals surface area contributed by atoms with E-state index >= 15 is 0 Å². The predicted octanol–water partition coefficient (Wildman–Crippen LogP) is -3.25. The summed E-state index contributed by atoms with van der Waals surface area (Å²) < 4.78 is 36.9. The second kappa shape index (κ2) is 26.7. The van der Waals surface area contributed by atoms with E-state index in [1.54, 1.807) is 0 Å². The Hall–Kier alpha value is 0.0600. The Morgan fingerprint density at radius 3 is 1.86 bits per heavy atom. The molecule has 0 bridgehead atoms. The summed E-state index contributed by atoms with van der Waals surface area (Å²) in [7, 11) is -5.22. The van der Waals surface area contributed by atoms with E-state index in [0.29, 0.717) is 6.42 Å². The summed E-state index contributed by atoms with van der Waals surface area (Å²) in [4.78, 5) is 33.8. The van der Waals surface area contributed by atoms with Crippen molar-refractivity contribution in [2.45, 2.75) is 108 Å². The maximum absolute atomic E-state index is 11.8. The Morgan fingerprint density at radius 1 is 0.861 bits per heavy atom. The fourth-order valence-electron chi connectivity index (χ4n) is 3.31. The number of ether oxygens (including phenoxy) is 1. The van der Waals surface area contributed by atoms with Crippen molar-refractivity contribution < 1.29 is 96.3 Å². The SMILES string of the molecule is CCCCCCCCC=CCCCCCCCC(=O)NCCOC(=O)CC(C(=O)[O-])S(=O)(=O)[O-].[Na+].[Na+]. The first-order valence-electron chi connectivity index (χ1n) is 12.4. The number of amides is 1. The molecule has 1 amide bonds. The summed E-state index contributed by atoms with van der Waals surface area (Å²) in [5.74, 6) is -3.51. The number of carbonyl (C=O) groups is 3. The van der Waals surface area contributed by atoms with E-state index in [0.717, 1.165) is 38.5 Å². The van der Waals surface area contributed by atoms with Crippen LogP contribution < -0.4 is 69.5 Å². The van der Waals surface area contributed by atoms with Crippen LogP contribution in [0, 0.1) is 0 Å². The molecule has 12 heteroatoms. The van der Waals surface area contributed by atoms with Crippen molar-refractivity contribution in [2.75, 3.05) is 13.2 Å². The van der Waals surface area contributed by atoms with E-state index < -0.39 is 33.7 Å². The number of esters is 1. The van der Waals surface area contributed by atoms with Gasteiger partial charge >= 0.3 is 65.1 Å². The van der Waals surface area contributed by atoms with E-state index in [2.05, 4.69) is 29.1 Å². The Balaban J connectivity index is -0.00000544. The molecule has 1 unspecified atom stereocenters. The number of hydrogen-bond acceptors (Lipinski definition) is 8. The normalized spacial score (nSPS) is 11.8. The van der Waals surface area contributed by atoms with Gasteiger partial charge in [0, 0.05) is 6.42 Å². The molecular formula is C24H41NNa2O8S. The zero-order chi connectivity index (χ0) is 25.7. The molecule has 0 aliphatic carbocycles. The minimum atomic E-state index is -5.22. The fourth-order valence-corrected chi connectivity index (χ4v) is 3.89. The molecule has 0 radical (unpaired) electrons. The second-order valence-corrected chi connectivity index (χ2v) is 9.96. The van der Waals surface area contributed by atoms with Gasteiger partial charge in [-0.3, -0.25) is 9.59 Å². The molecule has 198 valence electrons. The number of unbranched alkanes of at least 4 members (excludes halogenated alkanes) is 11. The van der Waals surface area contributed by atoms with Crippen molar-refractivity contribution in [1.82, 2.24) is 5.32 Å². The van der Waals surface area contributed by atoms with Gasteiger partial charge in [-0.2, -0.15) is 0 Å². The van der Waals surface area contributed by atoms with Gasteiger partial charge in [0.25, 0.3) is 0 Å². The molecule has 36 heavy (non-hydrogen) atoms. The molecule has 0 rings (SSSR count). The number of carbonyl (C=O) groups excluding carboxylic acids is 3. The maximum Gasteiger partial charge on any atom is 1.00 e. The quantitative estimate of drug-likeness (QED) is 0.0486. The van der Waals surface area contributed by atoms with E-state index in [1.807, 2.05) is 0 Å². The molecule has 0 aromatic rings. The van der Waals surface area contributed by atoms with Crippen LogP contribution in [0.1, 0.15) is 103 Å². The largest absolute Gasteiger partial charge is 1.00 e. The molecule has 0 saturated carbocycles. The number of rotatable bonds is 22. The van der Waals surface area contributed by atoms with Crippen molar-refractivity contribution in [1.29, 1.82) is 0 Å². The first-order valence-corrected chi connectivity index (χ1v) is 13.9. The van der Waals surface area contributed by atoms with Crippen LogP contribution in [-0.4, -0.2) is 49.2 Å². The summed E-state index contributed by atoms with van der Waals surface area (Å²) in [6, 6.07) is 0.